The van der Waals surface area contributed by atoms with E-state index < -0.39 is 5.60 Å². The summed E-state index contributed by atoms with van der Waals surface area (Å²) in [7, 11) is 0. The van der Waals surface area contributed by atoms with Crippen LogP contribution in [0.1, 0.15) is 49.7 Å². The molecule has 2 aromatic rings. The minimum atomic E-state index is -0.799. The monoisotopic (exact) mass is 325 g/mol. The standard InChI is InChI=1S/C20H23NO3/c22-20(11-5-12-20)17-10-13-21-19(24-16-8-4-9-16)18(17)23-14-15-6-2-1-3-7-15/h1-3,6-7,10,13,16,22H,4-5,8-9,11-12,14H2. The van der Waals surface area contributed by atoms with Gasteiger partial charge in [-0.25, -0.2) is 4.98 Å². The molecule has 1 N–H and O–H groups in total. The minimum absolute atomic E-state index is 0.225. The van der Waals surface area contributed by atoms with Crippen molar-refractivity contribution in [1.82, 2.24) is 4.98 Å². The summed E-state index contributed by atoms with van der Waals surface area (Å²) in [6.07, 6.45) is 7.84. The minimum Gasteiger partial charge on any atom is -0.483 e. The lowest BCUT2D eigenvalue weighted by molar-refractivity contribution is -0.0416. The number of benzene rings is 1. The smallest absolute Gasteiger partial charge is 0.257 e. The summed E-state index contributed by atoms with van der Waals surface area (Å²) in [5, 5.41) is 10.8. The molecule has 1 aromatic heterocycles. The highest BCUT2D eigenvalue weighted by Crippen LogP contribution is 2.47. The molecule has 0 aliphatic heterocycles. The van der Waals surface area contributed by atoms with Crippen molar-refractivity contribution in [1.29, 1.82) is 0 Å². The fraction of sp³-hybridized carbons (Fsp3) is 0.450. The average Bonchev–Trinajstić information content (AvgIpc) is 2.55. The molecule has 0 unspecified atom stereocenters. The van der Waals surface area contributed by atoms with E-state index in [-0.39, 0.29) is 6.10 Å². The Hall–Kier alpha value is -2.07. The Morgan fingerprint density at radius 3 is 2.50 bits per heavy atom. The highest BCUT2D eigenvalue weighted by atomic mass is 16.5. The third-order valence-electron chi connectivity index (χ3n) is 5.11. The second kappa shape index (κ2) is 6.44. The van der Waals surface area contributed by atoms with Gasteiger partial charge in [-0.15, -0.1) is 0 Å². The van der Waals surface area contributed by atoms with Crippen molar-refractivity contribution >= 4 is 0 Å². The molecule has 2 fully saturated rings. The van der Waals surface area contributed by atoms with Crippen LogP contribution in [-0.4, -0.2) is 16.2 Å². The summed E-state index contributed by atoms with van der Waals surface area (Å²) in [6.45, 7) is 0.441. The largest absolute Gasteiger partial charge is 0.483 e. The van der Waals surface area contributed by atoms with E-state index in [4.69, 9.17) is 9.47 Å². The van der Waals surface area contributed by atoms with Gasteiger partial charge in [-0.3, -0.25) is 0 Å². The zero-order chi connectivity index (χ0) is 16.4. The molecular weight excluding hydrogens is 302 g/mol. The van der Waals surface area contributed by atoms with Crippen LogP contribution in [0.2, 0.25) is 0 Å². The lowest BCUT2D eigenvalue weighted by atomic mass is 9.75. The molecule has 4 heteroatoms. The number of ether oxygens (including phenoxy) is 2. The molecule has 1 heterocycles. The Kier molecular flexibility index (Phi) is 4.15. The van der Waals surface area contributed by atoms with Crippen LogP contribution in [0.25, 0.3) is 0 Å². The van der Waals surface area contributed by atoms with Crippen LogP contribution in [0.3, 0.4) is 0 Å². The molecule has 1 aromatic carbocycles. The van der Waals surface area contributed by atoms with Crippen molar-refractivity contribution < 1.29 is 14.6 Å². The van der Waals surface area contributed by atoms with Crippen molar-refractivity contribution in [3.05, 3.63) is 53.7 Å². The molecule has 0 radical (unpaired) electrons. The van der Waals surface area contributed by atoms with Gasteiger partial charge in [-0.05, 0) is 50.2 Å². The van der Waals surface area contributed by atoms with E-state index in [1.165, 1.54) is 6.42 Å². The molecule has 0 atom stereocenters. The molecule has 2 saturated carbocycles. The van der Waals surface area contributed by atoms with E-state index in [2.05, 4.69) is 4.98 Å². The molecule has 0 amide bonds. The topological polar surface area (TPSA) is 51.6 Å². The number of aromatic nitrogens is 1. The van der Waals surface area contributed by atoms with Crippen LogP contribution in [0, 0.1) is 0 Å². The van der Waals surface area contributed by atoms with Gasteiger partial charge in [0.1, 0.15) is 12.7 Å². The van der Waals surface area contributed by atoms with Gasteiger partial charge >= 0.3 is 0 Å². The third-order valence-corrected chi connectivity index (χ3v) is 5.11. The number of aliphatic hydroxyl groups is 1. The quantitative estimate of drug-likeness (QED) is 0.873. The molecule has 0 saturated heterocycles. The molecule has 0 spiro atoms. The fourth-order valence-corrected chi connectivity index (χ4v) is 3.18. The predicted molar refractivity (Wildman–Crippen MR) is 91.0 cm³/mol. The maximum Gasteiger partial charge on any atom is 0.257 e. The Morgan fingerprint density at radius 1 is 1.08 bits per heavy atom. The lowest BCUT2D eigenvalue weighted by Gasteiger charge is -2.38. The molecule has 24 heavy (non-hydrogen) atoms. The van der Waals surface area contributed by atoms with Crippen LogP contribution in [-0.2, 0) is 12.2 Å². The zero-order valence-corrected chi connectivity index (χ0v) is 13.8. The zero-order valence-electron chi connectivity index (χ0n) is 13.8. The summed E-state index contributed by atoms with van der Waals surface area (Å²) < 4.78 is 12.1. The van der Waals surface area contributed by atoms with Gasteiger partial charge in [0, 0.05) is 11.8 Å². The van der Waals surface area contributed by atoms with Crippen LogP contribution in [0.4, 0.5) is 0 Å². The molecule has 2 aliphatic carbocycles. The van der Waals surface area contributed by atoms with E-state index in [0.29, 0.717) is 18.2 Å². The second-order valence-electron chi connectivity index (χ2n) is 6.82. The maximum absolute atomic E-state index is 10.8. The summed E-state index contributed by atoms with van der Waals surface area (Å²) in [5.74, 6) is 1.13. The number of hydrogen-bond donors (Lipinski definition) is 1. The molecule has 126 valence electrons. The number of hydrogen-bond acceptors (Lipinski definition) is 4. The van der Waals surface area contributed by atoms with E-state index in [9.17, 15) is 5.11 Å². The van der Waals surface area contributed by atoms with E-state index >= 15 is 0 Å². The Morgan fingerprint density at radius 2 is 1.88 bits per heavy atom. The summed E-state index contributed by atoms with van der Waals surface area (Å²) in [6, 6.07) is 11.9. The molecule has 4 nitrogen and oxygen atoms in total. The van der Waals surface area contributed by atoms with Crippen LogP contribution in [0.15, 0.2) is 42.6 Å². The lowest BCUT2D eigenvalue weighted by Crippen LogP contribution is -2.34. The first-order valence-corrected chi connectivity index (χ1v) is 8.80. The molecule has 2 aliphatic rings. The van der Waals surface area contributed by atoms with Gasteiger partial charge in [0.15, 0.2) is 5.75 Å². The van der Waals surface area contributed by atoms with E-state index in [0.717, 1.165) is 43.2 Å². The highest BCUT2D eigenvalue weighted by Gasteiger charge is 2.40. The Bertz CT molecular complexity index is 693. The van der Waals surface area contributed by atoms with Crippen LogP contribution in [0.5, 0.6) is 11.6 Å². The fourth-order valence-electron chi connectivity index (χ4n) is 3.18. The number of pyridine rings is 1. The summed E-state index contributed by atoms with van der Waals surface area (Å²) in [5.41, 5.74) is 1.10. The second-order valence-corrected chi connectivity index (χ2v) is 6.82. The molecule has 0 bridgehead atoms. The Labute approximate surface area is 142 Å². The summed E-state index contributed by atoms with van der Waals surface area (Å²) in [4.78, 5) is 4.39. The Balaban J connectivity index is 1.62. The van der Waals surface area contributed by atoms with Crippen LogP contribution < -0.4 is 9.47 Å². The average molecular weight is 325 g/mol. The summed E-state index contributed by atoms with van der Waals surface area (Å²) >= 11 is 0. The van der Waals surface area contributed by atoms with Crippen molar-refractivity contribution in [2.75, 3.05) is 0 Å². The van der Waals surface area contributed by atoms with Gasteiger partial charge in [-0.1, -0.05) is 30.3 Å². The van der Waals surface area contributed by atoms with Gasteiger partial charge in [-0.2, -0.15) is 0 Å². The third kappa shape index (κ3) is 2.98. The van der Waals surface area contributed by atoms with E-state index in [1.807, 2.05) is 36.4 Å². The molecule has 4 rings (SSSR count). The van der Waals surface area contributed by atoms with Crippen molar-refractivity contribution in [3.8, 4) is 11.6 Å². The number of nitrogens with zero attached hydrogens (tertiary/aromatic N) is 1. The van der Waals surface area contributed by atoms with Crippen molar-refractivity contribution in [2.24, 2.45) is 0 Å². The van der Waals surface area contributed by atoms with Gasteiger partial charge in [0.05, 0.1) is 5.60 Å². The predicted octanol–water partition coefficient (Wildman–Crippen LogP) is 3.96. The van der Waals surface area contributed by atoms with Gasteiger partial charge < -0.3 is 14.6 Å². The van der Waals surface area contributed by atoms with Gasteiger partial charge in [0.25, 0.3) is 5.88 Å². The van der Waals surface area contributed by atoms with E-state index in [1.54, 1.807) is 6.20 Å². The SMILES string of the molecule is OC1(c2ccnc(OC3CCC3)c2OCc2ccccc2)CCC1. The van der Waals surface area contributed by atoms with Crippen LogP contribution >= 0.6 is 0 Å². The first-order valence-electron chi connectivity index (χ1n) is 8.80. The van der Waals surface area contributed by atoms with Gasteiger partial charge in [0.2, 0.25) is 0 Å². The molecular formula is C20H23NO3. The maximum atomic E-state index is 10.8. The number of rotatable bonds is 6. The van der Waals surface area contributed by atoms with Crippen molar-refractivity contribution in [3.63, 3.8) is 0 Å². The van der Waals surface area contributed by atoms with Crippen molar-refractivity contribution in [2.45, 2.75) is 56.8 Å². The first-order chi connectivity index (χ1) is 11.7. The first kappa shape index (κ1) is 15.5. The highest BCUT2D eigenvalue weighted by molar-refractivity contribution is 5.46. The normalized spacial score (nSPS) is 19.2.